The number of nitrogens with one attached hydrogen (secondary N) is 1. The van der Waals surface area contributed by atoms with Gasteiger partial charge in [0.2, 0.25) is 0 Å². The monoisotopic (exact) mass is 230 g/mol. The molecule has 3 heterocycles. The number of fused-ring (bicyclic) bond motifs is 3. The van der Waals surface area contributed by atoms with Crippen molar-refractivity contribution in [1.29, 1.82) is 0 Å². The third kappa shape index (κ3) is 1.59. The van der Waals surface area contributed by atoms with Crippen molar-refractivity contribution >= 4 is 17.0 Å². The molecule has 1 unspecified atom stereocenters. The smallest absolute Gasteiger partial charge is 0.157 e. The van der Waals surface area contributed by atoms with E-state index in [1.165, 1.54) is 0 Å². The van der Waals surface area contributed by atoms with E-state index < -0.39 is 6.23 Å². The first kappa shape index (κ1) is 10.3. The molecule has 0 amide bonds. The average Bonchev–Trinajstić information content (AvgIpc) is 2.60. The SMILES string of the molecule is CC1=CCC(O)Nc2c1cnc1cc(C)nn21. The fourth-order valence-electron chi connectivity index (χ4n) is 2.09. The van der Waals surface area contributed by atoms with E-state index in [2.05, 4.69) is 15.4 Å². The number of aromatic nitrogens is 3. The van der Waals surface area contributed by atoms with Gasteiger partial charge in [-0.05, 0) is 19.4 Å². The van der Waals surface area contributed by atoms with E-state index in [-0.39, 0.29) is 0 Å². The van der Waals surface area contributed by atoms with Crippen LogP contribution in [0, 0.1) is 6.92 Å². The predicted octanol–water partition coefficient (Wildman–Crippen LogP) is 1.58. The molecule has 1 aliphatic rings. The maximum Gasteiger partial charge on any atom is 0.157 e. The van der Waals surface area contributed by atoms with Crippen molar-refractivity contribution in [3.05, 3.63) is 29.6 Å². The second-order valence-corrected chi connectivity index (χ2v) is 4.36. The van der Waals surface area contributed by atoms with Crippen LogP contribution in [-0.4, -0.2) is 25.9 Å². The summed E-state index contributed by atoms with van der Waals surface area (Å²) in [5.41, 5.74) is 3.78. The largest absolute Gasteiger partial charge is 0.373 e. The summed E-state index contributed by atoms with van der Waals surface area (Å²) >= 11 is 0. The van der Waals surface area contributed by atoms with E-state index in [0.29, 0.717) is 6.42 Å². The van der Waals surface area contributed by atoms with Gasteiger partial charge >= 0.3 is 0 Å². The Bertz CT molecular complexity index is 614. The standard InChI is InChI=1S/C12H14N4O/c1-7-3-4-11(17)14-12-9(7)6-13-10-5-8(2)15-16(10)12/h3,5-6,11,14,17H,4H2,1-2H3. The molecule has 0 fully saturated rings. The molecule has 0 aromatic carbocycles. The summed E-state index contributed by atoms with van der Waals surface area (Å²) in [6.45, 7) is 3.94. The molecule has 2 N–H and O–H groups in total. The number of hydrogen-bond acceptors (Lipinski definition) is 4. The first-order valence-electron chi connectivity index (χ1n) is 5.62. The van der Waals surface area contributed by atoms with Crippen LogP contribution in [0.3, 0.4) is 0 Å². The molecule has 0 saturated heterocycles. The Morgan fingerprint density at radius 2 is 2.29 bits per heavy atom. The Hall–Kier alpha value is -1.88. The molecular formula is C12H14N4O. The maximum atomic E-state index is 9.80. The third-order valence-corrected chi connectivity index (χ3v) is 2.98. The van der Waals surface area contributed by atoms with Gasteiger partial charge in [0.15, 0.2) is 5.65 Å². The molecule has 88 valence electrons. The van der Waals surface area contributed by atoms with Gasteiger partial charge in [-0.15, -0.1) is 0 Å². The van der Waals surface area contributed by atoms with Gasteiger partial charge in [0.1, 0.15) is 12.0 Å². The highest BCUT2D eigenvalue weighted by Crippen LogP contribution is 2.27. The number of rotatable bonds is 0. The second kappa shape index (κ2) is 3.56. The Kier molecular flexibility index (Phi) is 2.16. The molecular weight excluding hydrogens is 216 g/mol. The summed E-state index contributed by atoms with van der Waals surface area (Å²) in [5.74, 6) is 0.807. The van der Waals surface area contributed by atoms with E-state index in [0.717, 1.165) is 28.3 Å². The minimum Gasteiger partial charge on any atom is -0.373 e. The molecule has 17 heavy (non-hydrogen) atoms. The summed E-state index contributed by atoms with van der Waals surface area (Å²) in [6.07, 6.45) is 3.83. The topological polar surface area (TPSA) is 62.5 Å². The summed E-state index contributed by atoms with van der Waals surface area (Å²) < 4.78 is 1.75. The highest BCUT2D eigenvalue weighted by Gasteiger charge is 2.17. The van der Waals surface area contributed by atoms with Crippen molar-refractivity contribution in [2.45, 2.75) is 26.5 Å². The van der Waals surface area contributed by atoms with Gasteiger partial charge in [-0.1, -0.05) is 6.08 Å². The van der Waals surface area contributed by atoms with Gasteiger partial charge in [0.25, 0.3) is 0 Å². The molecule has 3 rings (SSSR count). The fourth-order valence-corrected chi connectivity index (χ4v) is 2.09. The second-order valence-electron chi connectivity index (χ2n) is 4.36. The summed E-state index contributed by atoms with van der Waals surface area (Å²) in [7, 11) is 0. The Labute approximate surface area is 98.8 Å². The quantitative estimate of drug-likeness (QED) is 0.721. The van der Waals surface area contributed by atoms with E-state index >= 15 is 0 Å². The van der Waals surface area contributed by atoms with E-state index in [4.69, 9.17) is 0 Å². The number of allylic oxidation sites excluding steroid dienone is 1. The molecule has 0 bridgehead atoms. The van der Waals surface area contributed by atoms with Crippen LogP contribution in [-0.2, 0) is 0 Å². The van der Waals surface area contributed by atoms with Crippen molar-refractivity contribution < 1.29 is 5.11 Å². The van der Waals surface area contributed by atoms with E-state index in [9.17, 15) is 5.11 Å². The Balaban J connectivity index is 2.31. The molecule has 5 nitrogen and oxygen atoms in total. The molecule has 2 aromatic rings. The minimum atomic E-state index is -0.582. The number of aliphatic hydroxyl groups excluding tert-OH is 1. The van der Waals surface area contributed by atoms with Crippen molar-refractivity contribution in [3.63, 3.8) is 0 Å². The predicted molar refractivity (Wildman–Crippen MR) is 65.6 cm³/mol. The maximum absolute atomic E-state index is 9.80. The van der Waals surface area contributed by atoms with Crippen LogP contribution >= 0.6 is 0 Å². The first-order chi connectivity index (χ1) is 8.15. The van der Waals surface area contributed by atoms with Crippen LogP contribution in [0.4, 0.5) is 5.82 Å². The highest BCUT2D eigenvalue weighted by molar-refractivity contribution is 5.75. The average molecular weight is 230 g/mol. The molecule has 2 aromatic heterocycles. The number of aryl methyl sites for hydroxylation is 1. The Morgan fingerprint density at radius 1 is 1.47 bits per heavy atom. The summed E-state index contributed by atoms with van der Waals surface area (Å²) in [4.78, 5) is 4.37. The van der Waals surface area contributed by atoms with Crippen LogP contribution in [0.25, 0.3) is 11.2 Å². The molecule has 0 spiro atoms. The van der Waals surface area contributed by atoms with Gasteiger partial charge in [0.05, 0.1) is 5.69 Å². The molecule has 1 atom stereocenters. The summed E-state index contributed by atoms with van der Waals surface area (Å²) in [6, 6.07) is 1.91. The zero-order valence-corrected chi connectivity index (χ0v) is 9.81. The highest BCUT2D eigenvalue weighted by atomic mass is 16.3. The zero-order chi connectivity index (χ0) is 12.0. The van der Waals surface area contributed by atoms with Crippen LogP contribution in [0.1, 0.15) is 24.6 Å². The van der Waals surface area contributed by atoms with Crippen LogP contribution in [0.2, 0.25) is 0 Å². The fraction of sp³-hybridized carbons (Fsp3) is 0.333. The van der Waals surface area contributed by atoms with Crippen molar-refractivity contribution in [1.82, 2.24) is 14.6 Å². The van der Waals surface area contributed by atoms with E-state index in [1.54, 1.807) is 4.52 Å². The number of aliphatic hydroxyl groups is 1. The summed E-state index contributed by atoms with van der Waals surface area (Å²) in [5, 5.41) is 17.3. The molecule has 0 aliphatic carbocycles. The lowest BCUT2D eigenvalue weighted by Gasteiger charge is -2.13. The molecule has 0 saturated carbocycles. The van der Waals surface area contributed by atoms with E-state index in [1.807, 2.05) is 32.2 Å². The van der Waals surface area contributed by atoms with Crippen LogP contribution < -0.4 is 5.32 Å². The van der Waals surface area contributed by atoms with Gasteiger partial charge in [-0.25, -0.2) is 4.98 Å². The number of hydrogen-bond donors (Lipinski definition) is 2. The number of anilines is 1. The van der Waals surface area contributed by atoms with Crippen LogP contribution in [0.5, 0.6) is 0 Å². The van der Waals surface area contributed by atoms with Gasteiger partial charge in [-0.2, -0.15) is 9.61 Å². The molecule has 0 radical (unpaired) electrons. The van der Waals surface area contributed by atoms with Crippen molar-refractivity contribution in [2.75, 3.05) is 5.32 Å². The van der Waals surface area contributed by atoms with Crippen molar-refractivity contribution in [2.24, 2.45) is 0 Å². The molecule has 5 heteroatoms. The normalized spacial score (nSPS) is 19.5. The lowest BCUT2D eigenvalue weighted by atomic mass is 10.1. The number of nitrogens with zero attached hydrogens (tertiary/aromatic N) is 3. The van der Waals surface area contributed by atoms with Gasteiger partial charge in [0, 0.05) is 24.2 Å². The van der Waals surface area contributed by atoms with Gasteiger partial charge in [-0.3, -0.25) is 0 Å². The van der Waals surface area contributed by atoms with Gasteiger partial charge < -0.3 is 10.4 Å². The minimum absolute atomic E-state index is 0.582. The van der Waals surface area contributed by atoms with Crippen LogP contribution in [0.15, 0.2) is 18.3 Å². The lowest BCUT2D eigenvalue weighted by Crippen LogP contribution is -2.19. The first-order valence-corrected chi connectivity index (χ1v) is 5.62. The lowest BCUT2D eigenvalue weighted by molar-refractivity contribution is 0.207. The molecule has 1 aliphatic heterocycles. The zero-order valence-electron chi connectivity index (χ0n) is 9.81. The third-order valence-electron chi connectivity index (χ3n) is 2.98. The van der Waals surface area contributed by atoms with Crippen molar-refractivity contribution in [3.8, 4) is 0 Å². The Morgan fingerprint density at radius 3 is 3.12 bits per heavy atom.